The van der Waals surface area contributed by atoms with Crippen molar-refractivity contribution in [1.82, 2.24) is 0 Å². The van der Waals surface area contributed by atoms with E-state index in [4.69, 9.17) is 5.26 Å². The number of carbonyl (C=O) groups is 1. The molecule has 0 bridgehead atoms. The lowest BCUT2D eigenvalue weighted by atomic mass is 10.2. The zero-order valence-electron chi connectivity index (χ0n) is 9.40. The molecule has 0 spiro atoms. The largest absolute Gasteiger partial charge is 0.365 e. The van der Waals surface area contributed by atoms with Crippen LogP contribution in [0.15, 0.2) is 18.2 Å². The monoisotopic (exact) mass is 232 g/mol. The predicted octanol–water partition coefficient (Wildman–Crippen LogP) is 2.52. The number of benzene rings is 1. The van der Waals surface area contributed by atoms with Gasteiger partial charge in [0.05, 0.1) is 18.2 Å². The fourth-order valence-corrected chi connectivity index (χ4v) is 1.89. The molecule has 17 heavy (non-hydrogen) atoms. The summed E-state index contributed by atoms with van der Waals surface area (Å²) in [5, 5.41) is 8.60. The molecule has 0 amide bonds. The van der Waals surface area contributed by atoms with E-state index in [-0.39, 0.29) is 5.82 Å². The van der Waals surface area contributed by atoms with Crippen molar-refractivity contribution in [2.75, 3.05) is 11.4 Å². The molecular formula is C13H13FN2O. The summed E-state index contributed by atoms with van der Waals surface area (Å²) in [4.78, 5) is 12.5. The van der Waals surface area contributed by atoms with E-state index >= 15 is 0 Å². The van der Waals surface area contributed by atoms with Crippen LogP contribution in [0.25, 0.3) is 0 Å². The van der Waals surface area contributed by atoms with Crippen molar-refractivity contribution < 1.29 is 9.18 Å². The van der Waals surface area contributed by atoms with Crippen LogP contribution in [0.1, 0.15) is 29.6 Å². The van der Waals surface area contributed by atoms with E-state index in [9.17, 15) is 9.18 Å². The smallest absolute Gasteiger partial charge is 0.150 e. The lowest BCUT2D eigenvalue weighted by Gasteiger charge is -2.24. The molecule has 1 fully saturated rings. The van der Waals surface area contributed by atoms with Crippen molar-refractivity contribution in [3.63, 3.8) is 0 Å². The van der Waals surface area contributed by atoms with Gasteiger partial charge < -0.3 is 4.90 Å². The minimum Gasteiger partial charge on any atom is -0.365 e. The number of hydrogen-bond donors (Lipinski definition) is 0. The number of anilines is 1. The van der Waals surface area contributed by atoms with Gasteiger partial charge in [-0.2, -0.15) is 5.26 Å². The molecule has 1 aliphatic carbocycles. The summed E-state index contributed by atoms with van der Waals surface area (Å²) in [5.41, 5.74) is 0.829. The van der Waals surface area contributed by atoms with Gasteiger partial charge in [-0.1, -0.05) is 0 Å². The van der Waals surface area contributed by atoms with Crippen LogP contribution >= 0.6 is 0 Å². The van der Waals surface area contributed by atoms with Crippen LogP contribution in [0, 0.1) is 17.1 Å². The van der Waals surface area contributed by atoms with Crippen molar-refractivity contribution >= 4 is 12.0 Å². The zero-order valence-corrected chi connectivity index (χ0v) is 9.40. The Morgan fingerprint density at radius 3 is 2.82 bits per heavy atom. The molecule has 0 heterocycles. The van der Waals surface area contributed by atoms with Crippen LogP contribution in [0.2, 0.25) is 0 Å². The summed E-state index contributed by atoms with van der Waals surface area (Å²) in [6.45, 7) is 0.540. The highest BCUT2D eigenvalue weighted by Crippen LogP contribution is 2.33. The zero-order chi connectivity index (χ0) is 12.3. The molecule has 1 aromatic rings. The van der Waals surface area contributed by atoms with Crippen LogP contribution in [0.5, 0.6) is 0 Å². The lowest BCUT2D eigenvalue weighted by Crippen LogP contribution is -2.27. The van der Waals surface area contributed by atoms with Crippen molar-refractivity contribution in [2.45, 2.75) is 25.3 Å². The van der Waals surface area contributed by atoms with E-state index in [0.717, 1.165) is 12.8 Å². The average Bonchev–Trinajstić information content (AvgIpc) is 3.15. The maximum absolute atomic E-state index is 13.8. The van der Waals surface area contributed by atoms with Gasteiger partial charge in [0.25, 0.3) is 0 Å². The van der Waals surface area contributed by atoms with E-state index in [1.807, 2.05) is 4.90 Å². The second-order valence-electron chi connectivity index (χ2n) is 4.16. The quantitative estimate of drug-likeness (QED) is 0.733. The number of hydrogen-bond acceptors (Lipinski definition) is 3. The van der Waals surface area contributed by atoms with E-state index in [0.29, 0.717) is 36.5 Å². The highest BCUT2D eigenvalue weighted by atomic mass is 19.1. The van der Waals surface area contributed by atoms with Gasteiger partial charge in [-0.15, -0.1) is 0 Å². The molecular weight excluding hydrogens is 219 g/mol. The summed E-state index contributed by atoms with van der Waals surface area (Å²) in [7, 11) is 0. The number of carbonyl (C=O) groups excluding carboxylic acids is 1. The molecule has 0 saturated heterocycles. The molecule has 0 aliphatic heterocycles. The van der Waals surface area contributed by atoms with Gasteiger partial charge in [0, 0.05) is 18.2 Å². The Morgan fingerprint density at radius 2 is 2.29 bits per heavy atom. The first-order valence-corrected chi connectivity index (χ1v) is 5.64. The SMILES string of the molecule is N#CCCN(c1ccc(C=O)cc1F)C1CC1. The Morgan fingerprint density at radius 1 is 1.53 bits per heavy atom. The molecule has 88 valence electrons. The third-order valence-corrected chi connectivity index (χ3v) is 2.87. The molecule has 0 atom stereocenters. The van der Waals surface area contributed by atoms with Crippen molar-refractivity contribution in [3.8, 4) is 6.07 Å². The third-order valence-electron chi connectivity index (χ3n) is 2.87. The summed E-state index contributed by atoms with van der Waals surface area (Å²) in [6.07, 6.45) is 3.09. The van der Waals surface area contributed by atoms with Gasteiger partial charge in [0.1, 0.15) is 12.1 Å². The first kappa shape index (κ1) is 11.6. The number of rotatable bonds is 5. The average molecular weight is 232 g/mol. The van der Waals surface area contributed by atoms with Gasteiger partial charge in [-0.25, -0.2) is 4.39 Å². The minimum absolute atomic E-state index is 0.335. The fourth-order valence-electron chi connectivity index (χ4n) is 1.89. The molecule has 1 aromatic carbocycles. The highest BCUT2D eigenvalue weighted by molar-refractivity contribution is 5.76. The van der Waals surface area contributed by atoms with E-state index in [1.54, 1.807) is 12.1 Å². The van der Waals surface area contributed by atoms with Crippen LogP contribution in [-0.4, -0.2) is 18.9 Å². The van der Waals surface area contributed by atoms with E-state index in [2.05, 4.69) is 6.07 Å². The van der Waals surface area contributed by atoms with E-state index in [1.165, 1.54) is 6.07 Å². The lowest BCUT2D eigenvalue weighted by molar-refractivity contribution is 0.112. The Labute approximate surface area is 99.5 Å². The van der Waals surface area contributed by atoms with Crippen LogP contribution in [0.3, 0.4) is 0 Å². The number of halogens is 1. The fraction of sp³-hybridized carbons (Fsp3) is 0.385. The highest BCUT2D eigenvalue weighted by Gasteiger charge is 2.30. The first-order chi connectivity index (χ1) is 8.26. The van der Waals surface area contributed by atoms with Crippen molar-refractivity contribution in [1.29, 1.82) is 5.26 Å². The summed E-state index contributed by atoms with van der Waals surface area (Å²) in [5.74, 6) is -0.389. The molecule has 1 saturated carbocycles. The van der Waals surface area contributed by atoms with Crippen LogP contribution < -0.4 is 4.90 Å². The molecule has 2 rings (SSSR count). The molecule has 3 nitrogen and oxygen atoms in total. The second-order valence-corrected chi connectivity index (χ2v) is 4.16. The maximum atomic E-state index is 13.8. The predicted molar refractivity (Wildman–Crippen MR) is 62.4 cm³/mol. The second kappa shape index (κ2) is 4.96. The Kier molecular flexibility index (Phi) is 3.38. The Balaban J connectivity index is 2.23. The molecule has 0 N–H and O–H groups in total. The van der Waals surface area contributed by atoms with Gasteiger partial charge in [-0.3, -0.25) is 4.79 Å². The molecule has 4 heteroatoms. The molecule has 0 radical (unpaired) electrons. The topological polar surface area (TPSA) is 44.1 Å². The normalized spacial score (nSPS) is 14.1. The van der Waals surface area contributed by atoms with Crippen LogP contribution in [-0.2, 0) is 0 Å². The van der Waals surface area contributed by atoms with Gasteiger partial charge in [0.15, 0.2) is 0 Å². The number of nitriles is 1. The van der Waals surface area contributed by atoms with Crippen molar-refractivity contribution in [3.05, 3.63) is 29.6 Å². The van der Waals surface area contributed by atoms with Crippen molar-refractivity contribution in [2.24, 2.45) is 0 Å². The van der Waals surface area contributed by atoms with Gasteiger partial charge >= 0.3 is 0 Å². The Bertz CT molecular complexity index is 463. The molecule has 0 unspecified atom stereocenters. The van der Waals surface area contributed by atoms with Gasteiger partial charge in [0.2, 0.25) is 0 Å². The summed E-state index contributed by atoms with van der Waals surface area (Å²) in [6, 6.07) is 6.88. The maximum Gasteiger partial charge on any atom is 0.150 e. The molecule has 0 aromatic heterocycles. The third kappa shape index (κ3) is 2.62. The standard InChI is InChI=1S/C13H13FN2O/c14-12-8-10(9-17)2-5-13(12)16(7-1-6-15)11-3-4-11/h2,5,8-9,11H,1,3-4,7H2. The summed E-state index contributed by atoms with van der Waals surface area (Å²) < 4.78 is 13.8. The number of aldehydes is 1. The molecule has 1 aliphatic rings. The number of nitrogens with zero attached hydrogens (tertiary/aromatic N) is 2. The van der Waals surface area contributed by atoms with E-state index < -0.39 is 0 Å². The van der Waals surface area contributed by atoms with Gasteiger partial charge in [-0.05, 0) is 31.0 Å². The Hall–Kier alpha value is -1.89. The minimum atomic E-state index is -0.389. The van der Waals surface area contributed by atoms with Crippen LogP contribution in [0.4, 0.5) is 10.1 Å². The summed E-state index contributed by atoms with van der Waals surface area (Å²) >= 11 is 0. The first-order valence-electron chi connectivity index (χ1n) is 5.64.